The highest BCUT2D eigenvalue weighted by atomic mass is 32.1. The van der Waals surface area contributed by atoms with Gasteiger partial charge in [0, 0.05) is 42.4 Å². The summed E-state index contributed by atoms with van der Waals surface area (Å²) in [6, 6.07) is 17.0. The van der Waals surface area contributed by atoms with Crippen molar-refractivity contribution in [2.24, 2.45) is 0 Å². The first kappa shape index (κ1) is 20.3. The molecule has 31 heavy (non-hydrogen) atoms. The van der Waals surface area contributed by atoms with E-state index < -0.39 is 0 Å². The fraction of sp³-hybridized carbons (Fsp3) is 0.346. The Morgan fingerprint density at radius 3 is 2.65 bits per heavy atom. The van der Waals surface area contributed by atoms with Crippen LogP contribution in [-0.2, 0) is 6.42 Å². The van der Waals surface area contributed by atoms with Crippen molar-refractivity contribution >= 4 is 39.5 Å². The molecule has 3 heterocycles. The number of aromatic nitrogens is 1. The number of anilines is 1. The number of benzene rings is 2. The molecular formula is C26H30N4S. The largest absolute Gasteiger partial charge is 0.361 e. The standard InChI is InChI=1S/C26H30N4S/c31-26(28-23-6-2-1-3-7-23)30-16-11-20(12-17-30)21-8-9-25-24(18-21)22(19-27-25)10-15-29-13-4-5-14-29/h1-3,6-9,11,18-19,27H,4-5,10,12-17H2,(H,28,31). The molecule has 0 atom stereocenters. The van der Waals surface area contributed by atoms with E-state index in [0.29, 0.717) is 0 Å². The highest BCUT2D eigenvalue weighted by Crippen LogP contribution is 2.28. The van der Waals surface area contributed by atoms with E-state index in [4.69, 9.17) is 12.2 Å². The molecule has 4 nitrogen and oxygen atoms in total. The number of nitrogens with one attached hydrogen (secondary N) is 2. The Bertz CT molecular complexity index is 1080. The zero-order chi connectivity index (χ0) is 21.0. The molecule has 5 heteroatoms. The van der Waals surface area contributed by atoms with Crippen LogP contribution in [0.4, 0.5) is 5.69 Å². The number of thiocarbonyl (C=S) groups is 1. The van der Waals surface area contributed by atoms with Crippen LogP contribution in [0.25, 0.3) is 16.5 Å². The topological polar surface area (TPSA) is 34.3 Å². The van der Waals surface area contributed by atoms with Crippen molar-refractivity contribution in [3.63, 3.8) is 0 Å². The minimum absolute atomic E-state index is 0.798. The van der Waals surface area contributed by atoms with Gasteiger partial charge >= 0.3 is 0 Å². The summed E-state index contributed by atoms with van der Waals surface area (Å²) in [4.78, 5) is 8.30. The molecule has 5 rings (SSSR count). The molecule has 0 aliphatic carbocycles. The van der Waals surface area contributed by atoms with Gasteiger partial charge in [-0.25, -0.2) is 0 Å². The zero-order valence-electron chi connectivity index (χ0n) is 17.9. The number of aromatic amines is 1. The third-order valence-corrected chi connectivity index (χ3v) is 6.92. The second-order valence-electron chi connectivity index (χ2n) is 8.59. The van der Waals surface area contributed by atoms with Crippen molar-refractivity contribution < 1.29 is 0 Å². The maximum atomic E-state index is 5.63. The predicted octanol–water partition coefficient (Wildman–Crippen LogP) is 5.29. The van der Waals surface area contributed by atoms with E-state index in [1.807, 2.05) is 30.3 Å². The molecule has 160 valence electrons. The summed E-state index contributed by atoms with van der Waals surface area (Å²) in [6.45, 7) is 5.48. The number of rotatable bonds is 5. The monoisotopic (exact) mass is 430 g/mol. The van der Waals surface area contributed by atoms with Gasteiger partial charge in [-0.05, 0) is 92.0 Å². The van der Waals surface area contributed by atoms with E-state index in [1.54, 1.807) is 0 Å². The summed E-state index contributed by atoms with van der Waals surface area (Å²) in [7, 11) is 0. The van der Waals surface area contributed by atoms with Crippen LogP contribution in [0.15, 0.2) is 60.8 Å². The maximum absolute atomic E-state index is 5.63. The number of fused-ring (bicyclic) bond motifs is 1. The van der Waals surface area contributed by atoms with Gasteiger partial charge in [-0.15, -0.1) is 0 Å². The summed E-state index contributed by atoms with van der Waals surface area (Å²) < 4.78 is 0. The normalized spacial score (nSPS) is 17.2. The number of H-pyrrole nitrogens is 1. The summed E-state index contributed by atoms with van der Waals surface area (Å²) >= 11 is 5.63. The van der Waals surface area contributed by atoms with Gasteiger partial charge in [0.25, 0.3) is 0 Å². The van der Waals surface area contributed by atoms with Crippen LogP contribution in [0.5, 0.6) is 0 Å². The van der Waals surface area contributed by atoms with Gasteiger partial charge in [0.05, 0.1) is 0 Å². The molecule has 1 aromatic heterocycles. The molecule has 2 aliphatic rings. The lowest BCUT2D eigenvalue weighted by Crippen LogP contribution is -2.37. The number of likely N-dealkylation sites (tertiary alicyclic amines) is 1. The Hall–Kier alpha value is -2.63. The molecule has 2 aromatic carbocycles. The molecule has 0 bridgehead atoms. The van der Waals surface area contributed by atoms with E-state index in [9.17, 15) is 0 Å². The molecule has 3 aromatic rings. The average Bonchev–Trinajstić information content (AvgIpc) is 3.48. The zero-order valence-corrected chi connectivity index (χ0v) is 18.8. The quantitative estimate of drug-likeness (QED) is 0.539. The van der Waals surface area contributed by atoms with Crippen molar-refractivity contribution in [2.45, 2.75) is 25.7 Å². The minimum Gasteiger partial charge on any atom is -0.361 e. The van der Waals surface area contributed by atoms with Crippen LogP contribution in [0.2, 0.25) is 0 Å². The highest BCUT2D eigenvalue weighted by Gasteiger charge is 2.17. The van der Waals surface area contributed by atoms with Crippen LogP contribution < -0.4 is 5.32 Å². The van der Waals surface area contributed by atoms with E-state index >= 15 is 0 Å². The van der Waals surface area contributed by atoms with Crippen molar-refractivity contribution in [1.82, 2.24) is 14.8 Å². The summed E-state index contributed by atoms with van der Waals surface area (Å²) in [6.07, 6.45) is 9.38. The van der Waals surface area contributed by atoms with Crippen molar-refractivity contribution in [3.05, 3.63) is 71.9 Å². The fourth-order valence-corrected chi connectivity index (χ4v) is 4.99. The van der Waals surface area contributed by atoms with E-state index in [1.165, 1.54) is 60.1 Å². The molecular weight excluding hydrogens is 400 g/mol. The summed E-state index contributed by atoms with van der Waals surface area (Å²) in [5, 5.41) is 5.53. The van der Waals surface area contributed by atoms with Gasteiger partial charge in [-0.3, -0.25) is 0 Å². The SMILES string of the molecule is S=C(Nc1ccccc1)N1CC=C(c2ccc3[nH]cc(CCN4CCCC4)c3c2)CC1. The van der Waals surface area contributed by atoms with E-state index in [2.05, 4.69) is 50.6 Å². The Morgan fingerprint density at radius 2 is 1.87 bits per heavy atom. The van der Waals surface area contributed by atoms with Crippen LogP contribution >= 0.6 is 12.2 Å². The third kappa shape index (κ3) is 4.68. The van der Waals surface area contributed by atoms with E-state index in [0.717, 1.165) is 36.7 Å². The predicted molar refractivity (Wildman–Crippen MR) is 135 cm³/mol. The Morgan fingerprint density at radius 1 is 1.03 bits per heavy atom. The van der Waals surface area contributed by atoms with Crippen molar-refractivity contribution in [1.29, 1.82) is 0 Å². The lowest BCUT2D eigenvalue weighted by atomic mass is 9.97. The van der Waals surface area contributed by atoms with E-state index in [-0.39, 0.29) is 0 Å². The molecule has 0 radical (unpaired) electrons. The van der Waals surface area contributed by atoms with Gasteiger partial charge in [0.2, 0.25) is 0 Å². The average molecular weight is 431 g/mol. The van der Waals surface area contributed by atoms with Gasteiger partial charge in [0.1, 0.15) is 0 Å². The number of para-hydroxylation sites is 1. The molecule has 0 amide bonds. The smallest absolute Gasteiger partial charge is 0.173 e. The maximum Gasteiger partial charge on any atom is 0.173 e. The van der Waals surface area contributed by atoms with Crippen molar-refractivity contribution in [2.75, 3.05) is 38.0 Å². The lowest BCUT2D eigenvalue weighted by molar-refractivity contribution is 0.344. The molecule has 0 saturated carbocycles. The van der Waals surface area contributed by atoms with Gasteiger partial charge in [-0.1, -0.05) is 30.3 Å². The summed E-state index contributed by atoms with van der Waals surface area (Å²) in [5.41, 5.74) is 6.49. The molecule has 1 fully saturated rings. The molecule has 0 unspecified atom stereocenters. The van der Waals surface area contributed by atoms with Crippen LogP contribution in [0.3, 0.4) is 0 Å². The van der Waals surface area contributed by atoms with Gasteiger partial charge in [-0.2, -0.15) is 0 Å². The van der Waals surface area contributed by atoms with Crippen LogP contribution in [-0.4, -0.2) is 52.6 Å². The van der Waals surface area contributed by atoms with Crippen LogP contribution in [0.1, 0.15) is 30.4 Å². The summed E-state index contributed by atoms with van der Waals surface area (Å²) in [5.74, 6) is 0. The second-order valence-corrected chi connectivity index (χ2v) is 8.98. The molecule has 0 spiro atoms. The van der Waals surface area contributed by atoms with Gasteiger partial charge in [0.15, 0.2) is 5.11 Å². The Labute approximate surface area is 189 Å². The first-order valence-electron chi connectivity index (χ1n) is 11.4. The third-order valence-electron chi connectivity index (χ3n) is 6.56. The number of nitrogens with zero attached hydrogens (tertiary/aromatic N) is 2. The Balaban J connectivity index is 1.26. The first-order chi connectivity index (χ1) is 15.3. The Kier molecular flexibility index (Phi) is 6.05. The minimum atomic E-state index is 0.798. The van der Waals surface area contributed by atoms with Crippen molar-refractivity contribution in [3.8, 4) is 0 Å². The highest BCUT2D eigenvalue weighted by molar-refractivity contribution is 7.80. The molecule has 2 aliphatic heterocycles. The number of hydrogen-bond acceptors (Lipinski definition) is 2. The fourth-order valence-electron chi connectivity index (χ4n) is 4.71. The lowest BCUT2D eigenvalue weighted by Gasteiger charge is -2.29. The van der Waals surface area contributed by atoms with Crippen LogP contribution in [0, 0.1) is 0 Å². The molecule has 2 N–H and O–H groups in total. The van der Waals surface area contributed by atoms with Gasteiger partial charge < -0.3 is 20.1 Å². The molecule has 1 saturated heterocycles. The first-order valence-corrected chi connectivity index (χ1v) is 11.8. The number of hydrogen-bond donors (Lipinski definition) is 2. The second kappa shape index (κ2) is 9.25.